The van der Waals surface area contributed by atoms with Gasteiger partial charge in [-0.25, -0.2) is 0 Å². The summed E-state index contributed by atoms with van der Waals surface area (Å²) in [7, 11) is 0. The van der Waals surface area contributed by atoms with Crippen LogP contribution in [0.25, 0.3) is 0 Å². The number of nitrogens with two attached hydrogens (primary N) is 1. The van der Waals surface area contributed by atoms with E-state index in [1.54, 1.807) is 17.1 Å². The molecule has 41 valence electrons. The van der Waals surface area contributed by atoms with Crippen molar-refractivity contribution in [3.8, 4) is 0 Å². The van der Waals surface area contributed by atoms with Gasteiger partial charge in [0.2, 0.25) is 0 Å². The molecule has 0 aliphatic rings. The molecule has 0 amide bonds. The van der Waals surface area contributed by atoms with E-state index < -0.39 is 0 Å². The molecule has 2 N–H and O–H groups in total. The van der Waals surface area contributed by atoms with Crippen molar-refractivity contribution in [2.45, 2.75) is 0 Å². The van der Waals surface area contributed by atoms with E-state index in [0.717, 1.165) is 0 Å². The molecule has 0 aromatic heterocycles. The van der Waals surface area contributed by atoms with Gasteiger partial charge in [-0.05, 0) is 0 Å². The van der Waals surface area contributed by atoms with Gasteiger partial charge in [-0.15, -0.1) is 0 Å². The summed E-state index contributed by atoms with van der Waals surface area (Å²) in [5.41, 5.74) is 5.88. The Kier molecular flexibility index (Phi) is 3.65. The fourth-order valence-corrected chi connectivity index (χ4v) is 0.333. The molecule has 0 aliphatic heterocycles. The Labute approximate surface area is 51.0 Å². The third-order valence-electron chi connectivity index (χ3n) is 0.484. The zero-order valence-corrected chi connectivity index (χ0v) is 4.89. The predicted octanol–water partition coefficient (Wildman–Crippen LogP) is 0.364. The summed E-state index contributed by atoms with van der Waals surface area (Å²) in [6.07, 6.45) is 3.22. The number of rotatable bonds is 2. The van der Waals surface area contributed by atoms with Gasteiger partial charge >= 0.3 is 50.4 Å². The first-order valence-electron chi connectivity index (χ1n) is 1.80. The first-order chi connectivity index (χ1) is 3.31. The molecule has 0 heterocycles. The second-order valence-corrected chi connectivity index (χ2v) is 1.33. The van der Waals surface area contributed by atoms with E-state index in [1.807, 2.05) is 0 Å². The fraction of sp³-hybridized carbons (Fsp3) is 0. The van der Waals surface area contributed by atoms with Crippen molar-refractivity contribution in [3.63, 3.8) is 0 Å². The molecule has 0 fully saturated rings. The Hall–Kier alpha value is -0.344. The SMILES string of the molecule is C=C/C(N)=C\[CH]=[Co]. The maximum atomic E-state index is 5.25. The predicted molar refractivity (Wildman–Crippen MR) is 28.5 cm³/mol. The minimum absolute atomic E-state index is 0.633. The Balaban J connectivity index is 3.72. The average Bonchev–Trinajstić information content (AvgIpc) is 1.68. The monoisotopic (exact) mass is 140 g/mol. The van der Waals surface area contributed by atoms with Crippen molar-refractivity contribution < 1.29 is 15.3 Å². The van der Waals surface area contributed by atoms with Crippen LogP contribution in [-0.2, 0) is 15.3 Å². The first kappa shape index (κ1) is 6.66. The van der Waals surface area contributed by atoms with E-state index in [9.17, 15) is 0 Å². The number of hydrogen-bond acceptors (Lipinski definition) is 1. The molecule has 0 bridgehead atoms. The van der Waals surface area contributed by atoms with Crippen molar-refractivity contribution >= 4 is 4.96 Å². The van der Waals surface area contributed by atoms with Gasteiger partial charge in [0.25, 0.3) is 0 Å². The Morgan fingerprint density at radius 3 is 2.43 bits per heavy atom. The Bertz CT molecular complexity index is 105. The molecule has 0 saturated heterocycles. The van der Waals surface area contributed by atoms with Crippen molar-refractivity contribution in [3.05, 3.63) is 24.4 Å². The topological polar surface area (TPSA) is 26.0 Å². The van der Waals surface area contributed by atoms with Gasteiger partial charge < -0.3 is 0 Å². The summed E-state index contributed by atoms with van der Waals surface area (Å²) < 4.78 is 0. The molecule has 0 aliphatic carbocycles. The van der Waals surface area contributed by atoms with Crippen LogP contribution in [0.1, 0.15) is 0 Å². The number of hydrogen-bond donors (Lipinski definition) is 1. The van der Waals surface area contributed by atoms with Crippen LogP contribution in [-0.4, -0.2) is 4.96 Å². The molecule has 0 saturated carbocycles. The molecule has 0 unspecified atom stereocenters. The van der Waals surface area contributed by atoms with E-state index in [0.29, 0.717) is 5.70 Å². The van der Waals surface area contributed by atoms with Crippen molar-refractivity contribution in [2.24, 2.45) is 5.73 Å². The molecular weight excluding hydrogens is 133 g/mol. The first-order valence-corrected chi connectivity index (χ1v) is 2.40. The molecule has 0 aromatic rings. The van der Waals surface area contributed by atoms with Gasteiger partial charge in [0.1, 0.15) is 0 Å². The summed E-state index contributed by atoms with van der Waals surface area (Å²) in [6.45, 7) is 3.43. The minimum atomic E-state index is 0.633. The average molecular weight is 140 g/mol. The summed E-state index contributed by atoms with van der Waals surface area (Å²) in [5.74, 6) is 0. The standard InChI is InChI=1S/C5H7N.Co/c1-3-5(6)4-2;/h1,3-4H,2,6H2;/b5-3+;. The van der Waals surface area contributed by atoms with Crippen LogP contribution in [0.5, 0.6) is 0 Å². The van der Waals surface area contributed by atoms with E-state index in [1.165, 1.54) is 0 Å². The summed E-state index contributed by atoms with van der Waals surface area (Å²) in [5, 5.41) is 0. The second kappa shape index (κ2) is 3.83. The molecular formula is C5H7CoN. The van der Waals surface area contributed by atoms with E-state index in [2.05, 4.69) is 21.9 Å². The van der Waals surface area contributed by atoms with Crippen LogP contribution in [0, 0.1) is 0 Å². The van der Waals surface area contributed by atoms with Crippen LogP contribution in [0.3, 0.4) is 0 Å². The zero-order chi connectivity index (χ0) is 5.70. The van der Waals surface area contributed by atoms with Gasteiger partial charge in [0, 0.05) is 0 Å². The molecule has 0 rings (SSSR count). The van der Waals surface area contributed by atoms with E-state index in [-0.39, 0.29) is 0 Å². The zero-order valence-electron chi connectivity index (χ0n) is 3.85. The number of allylic oxidation sites excluding steroid dienone is 2. The summed E-state index contributed by atoms with van der Waals surface area (Å²) in [6, 6.07) is 0. The molecule has 0 atom stereocenters. The van der Waals surface area contributed by atoms with Crippen LogP contribution < -0.4 is 5.73 Å². The normalized spacial score (nSPS) is 10.7. The van der Waals surface area contributed by atoms with Gasteiger partial charge in [0.15, 0.2) is 0 Å². The summed E-state index contributed by atoms with van der Waals surface area (Å²) in [4.78, 5) is 1.56. The fourth-order valence-electron chi connectivity index (χ4n) is 0.132. The van der Waals surface area contributed by atoms with Crippen molar-refractivity contribution in [2.75, 3.05) is 0 Å². The molecule has 7 heavy (non-hydrogen) atoms. The van der Waals surface area contributed by atoms with Gasteiger partial charge in [-0.1, -0.05) is 0 Å². The molecule has 0 spiro atoms. The molecule has 0 aromatic carbocycles. The van der Waals surface area contributed by atoms with Gasteiger partial charge in [-0.2, -0.15) is 0 Å². The van der Waals surface area contributed by atoms with Gasteiger partial charge in [-0.3, -0.25) is 0 Å². The third kappa shape index (κ3) is 3.49. The van der Waals surface area contributed by atoms with Crippen molar-refractivity contribution in [1.82, 2.24) is 0 Å². The molecule has 2 heteroatoms. The van der Waals surface area contributed by atoms with Crippen LogP contribution in [0.2, 0.25) is 0 Å². The maximum absolute atomic E-state index is 5.25. The van der Waals surface area contributed by atoms with Gasteiger partial charge in [0.05, 0.1) is 0 Å². The molecule has 0 radical (unpaired) electrons. The quantitative estimate of drug-likeness (QED) is 0.550. The molecule has 1 nitrogen and oxygen atoms in total. The van der Waals surface area contributed by atoms with E-state index in [4.69, 9.17) is 5.73 Å². The van der Waals surface area contributed by atoms with Crippen LogP contribution in [0.4, 0.5) is 0 Å². The van der Waals surface area contributed by atoms with Crippen LogP contribution in [0.15, 0.2) is 24.4 Å². The third-order valence-corrected chi connectivity index (χ3v) is 0.657. The van der Waals surface area contributed by atoms with Crippen LogP contribution >= 0.6 is 0 Å². The Morgan fingerprint density at radius 2 is 2.29 bits per heavy atom. The Morgan fingerprint density at radius 1 is 1.71 bits per heavy atom. The second-order valence-electron chi connectivity index (χ2n) is 0.982. The van der Waals surface area contributed by atoms with Crippen molar-refractivity contribution in [1.29, 1.82) is 0 Å². The summed E-state index contributed by atoms with van der Waals surface area (Å²) >= 11 is 3.83. The van der Waals surface area contributed by atoms with E-state index >= 15 is 0 Å².